The maximum atomic E-state index is 12.4. The molecule has 1 saturated heterocycles. The van der Waals surface area contributed by atoms with Crippen LogP contribution in [0.25, 0.3) is 0 Å². The zero-order valence-corrected chi connectivity index (χ0v) is 12.9. The number of nitrogens with two attached hydrogens (primary N) is 1. The zero-order chi connectivity index (χ0) is 14.2. The van der Waals surface area contributed by atoms with E-state index in [-0.39, 0.29) is 23.5 Å². The summed E-state index contributed by atoms with van der Waals surface area (Å²) in [6.45, 7) is 0. The van der Waals surface area contributed by atoms with Crippen molar-refractivity contribution in [1.82, 2.24) is 4.90 Å². The van der Waals surface area contributed by atoms with Crippen molar-refractivity contribution in [1.29, 1.82) is 0 Å². The van der Waals surface area contributed by atoms with Crippen LogP contribution in [0.2, 0.25) is 0 Å². The number of nitrogens with zero attached hydrogens (tertiary/aromatic N) is 1. The quantitative estimate of drug-likeness (QED) is 0.818. The molecule has 0 aliphatic carbocycles. The van der Waals surface area contributed by atoms with Crippen LogP contribution in [-0.4, -0.2) is 43.8 Å². The highest BCUT2D eigenvalue weighted by atomic mass is 79.9. The van der Waals surface area contributed by atoms with Gasteiger partial charge in [0.25, 0.3) is 5.91 Å². The Morgan fingerprint density at radius 2 is 2.16 bits per heavy atom. The molecule has 0 spiro atoms. The van der Waals surface area contributed by atoms with Gasteiger partial charge in [0.15, 0.2) is 9.84 Å². The Morgan fingerprint density at radius 3 is 2.74 bits per heavy atom. The van der Waals surface area contributed by atoms with Crippen LogP contribution in [0.5, 0.6) is 0 Å². The van der Waals surface area contributed by atoms with Crippen LogP contribution in [0, 0.1) is 0 Å². The molecule has 1 atom stereocenters. The lowest BCUT2D eigenvalue weighted by Gasteiger charge is -2.24. The van der Waals surface area contributed by atoms with Crippen molar-refractivity contribution in [2.45, 2.75) is 12.5 Å². The number of sulfone groups is 1. The Labute approximate surface area is 120 Å². The summed E-state index contributed by atoms with van der Waals surface area (Å²) in [7, 11) is -1.38. The lowest BCUT2D eigenvalue weighted by Crippen LogP contribution is -2.38. The van der Waals surface area contributed by atoms with Crippen molar-refractivity contribution in [3.05, 3.63) is 28.2 Å². The van der Waals surface area contributed by atoms with Crippen LogP contribution in [-0.2, 0) is 9.84 Å². The third-order valence-electron chi connectivity index (χ3n) is 3.30. The second-order valence-electron chi connectivity index (χ2n) is 4.71. The van der Waals surface area contributed by atoms with Crippen molar-refractivity contribution in [2.75, 3.05) is 24.3 Å². The van der Waals surface area contributed by atoms with Gasteiger partial charge in [-0.15, -0.1) is 0 Å². The molecule has 0 bridgehead atoms. The third kappa shape index (κ3) is 3.09. The first-order chi connectivity index (χ1) is 8.80. The average molecular weight is 347 g/mol. The van der Waals surface area contributed by atoms with Crippen LogP contribution < -0.4 is 5.73 Å². The fourth-order valence-electron chi connectivity index (χ4n) is 2.14. The first-order valence-corrected chi connectivity index (χ1v) is 8.44. The van der Waals surface area contributed by atoms with Crippen molar-refractivity contribution >= 4 is 37.4 Å². The maximum absolute atomic E-state index is 12.4. The SMILES string of the molecule is CN(C(=O)c1cc(N)ccc1Br)C1CCS(=O)(=O)C1. The van der Waals surface area contributed by atoms with Gasteiger partial charge in [-0.1, -0.05) is 0 Å². The molecule has 1 aromatic rings. The zero-order valence-electron chi connectivity index (χ0n) is 10.5. The second-order valence-corrected chi connectivity index (χ2v) is 7.80. The number of benzene rings is 1. The maximum Gasteiger partial charge on any atom is 0.255 e. The van der Waals surface area contributed by atoms with Gasteiger partial charge in [-0.25, -0.2) is 8.42 Å². The van der Waals surface area contributed by atoms with E-state index < -0.39 is 9.84 Å². The van der Waals surface area contributed by atoms with Crippen molar-refractivity contribution < 1.29 is 13.2 Å². The van der Waals surface area contributed by atoms with Crippen LogP contribution in [0.4, 0.5) is 5.69 Å². The van der Waals surface area contributed by atoms with E-state index in [4.69, 9.17) is 5.73 Å². The third-order valence-corrected chi connectivity index (χ3v) is 5.74. The van der Waals surface area contributed by atoms with Gasteiger partial charge in [0.1, 0.15) is 0 Å². The van der Waals surface area contributed by atoms with Gasteiger partial charge in [0, 0.05) is 23.2 Å². The molecule has 5 nitrogen and oxygen atoms in total. The summed E-state index contributed by atoms with van der Waals surface area (Å²) < 4.78 is 23.6. The number of nitrogen functional groups attached to an aromatic ring is 1. The van der Waals surface area contributed by atoms with Gasteiger partial charge in [-0.2, -0.15) is 0 Å². The summed E-state index contributed by atoms with van der Waals surface area (Å²) in [5.74, 6) is -0.0379. The summed E-state index contributed by atoms with van der Waals surface area (Å²) in [5, 5.41) is 0. The Balaban J connectivity index is 2.22. The summed E-state index contributed by atoms with van der Waals surface area (Å²) in [5.41, 5.74) is 6.62. The van der Waals surface area contributed by atoms with Gasteiger partial charge in [-0.3, -0.25) is 4.79 Å². The Kier molecular flexibility index (Phi) is 3.87. The number of rotatable bonds is 2. The van der Waals surface area contributed by atoms with E-state index in [0.29, 0.717) is 22.1 Å². The lowest BCUT2D eigenvalue weighted by atomic mass is 10.1. The van der Waals surface area contributed by atoms with Gasteiger partial charge in [0.2, 0.25) is 0 Å². The Morgan fingerprint density at radius 1 is 1.47 bits per heavy atom. The monoisotopic (exact) mass is 346 g/mol. The van der Waals surface area contributed by atoms with Gasteiger partial charge in [0.05, 0.1) is 17.1 Å². The van der Waals surface area contributed by atoms with E-state index in [1.807, 2.05) is 0 Å². The summed E-state index contributed by atoms with van der Waals surface area (Å²) in [4.78, 5) is 13.9. The lowest BCUT2D eigenvalue weighted by molar-refractivity contribution is 0.0747. The van der Waals surface area contributed by atoms with E-state index in [1.54, 1.807) is 25.2 Å². The largest absolute Gasteiger partial charge is 0.399 e. The fourth-order valence-corrected chi connectivity index (χ4v) is 4.33. The van der Waals surface area contributed by atoms with Crippen molar-refractivity contribution in [2.24, 2.45) is 0 Å². The smallest absolute Gasteiger partial charge is 0.255 e. The number of anilines is 1. The highest BCUT2D eigenvalue weighted by Crippen LogP contribution is 2.24. The molecule has 1 aliphatic rings. The van der Waals surface area contributed by atoms with Crippen LogP contribution in [0.15, 0.2) is 22.7 Å². The van der Waals surface area contributed by atoms with E-state index in [9.17, 15) is 13.2 Å². The number of carbonyl (C=O) groups excluding carboxylic acids is 1. The van der Waals surface area contributed by atoms with Gasteiger partial charge in [-0.05, 0) is 40.5 Å². The molecular weight excluding hydrogens is 332 g/mol. The number of halogens is 1. The van der Waals surface area contributed by atoms with E-state index >= 15 is 0 Å². The molecule has 0 aromatic heterocycles. The highest BCUT2D eigenvalue weighted by molar-refractivity contribution is 9.10. The molecule has 2 N–H and O–H groups in total. The first kappa shape index (κ1) is 14.3. The molecule has 19 heavy (non-hydrogen) atoms. The summed E-state index contributed by atoms with van der Waals surface area (Å²) in [6.07, 6.45) is 0.491. The molecular formula is C12H15BrN2O3S. The number of carbonyl (C=O) groups is 1. The van der Waals surface area contributed by atoms with Gasteiger partial charge >= 0.3 is 0 Å². The summed E-state index contributed by atoms with van der Waals surface area (Å²) in [6, 6.07) is 4.74. The van der Waals surface area contributed by atoms with E-state index in [1.165, 1.54) is 4.90 Å². The minimum absolute atomic E-state index is 0.0369. The molecule has 1 amide bonds. The summed E-state index contributed by atoms with van der Waals surface area (Å²) >= 11 is 3.31. The van der Waals surface area contributed by atoms with Crippen LogP contribution in [0.1, 0.15) is 16.8 Å². The topological polar surface area (TPSA) is 80.5 Å². The molecule has 1 aromatic carbocycles. The van der Waals surface area contributed by atoms with Crippen LogP contribution in [0.3, 0.4) is 0 Å². The molecule has 104 valence electrons. The molecule has 1 aliphatic heterocycles. The average Bonchev–Trinajstić information content (AvgIpc) is 2.71. The minimum Gasteiger partial charge on any atom is -0.399 e. The predicted molar refractivity (Wildman–Crippen MR) is 77.7 cm³/mol. The highest BCUT2D eigenvalue weighted by Gasteiger charge is 2.33. The molecule has 1 unspecified atom stereocenters. The fraction of sp³-hybridized carbons (Fsp3) is 0.417. The standard InChI is InChI=1S/C12H15BrN2O3S/c1-15(9-4-5-19(17,18)7-9)12(16)10-6-8(14)2-3-11(10)13/h2-3,6,9H,4-5,7,14H2,1H3. The Hall–Kier alpha value is -1.08. The molecule has 1 heterocycles. The molecule has 1 fully saturated rings. The minimum atomic E-state index is -3.00. The number of amides is 1. The van der Waals surface area contributed by atoms with Crippen molar-refractivity contribution in [3.63, 3.8) is 0 Å². The van der Waals surface area contributed by atoms with E-state index in [2.05, 4.69) is 15.9 Å². The first-order valence-electron chi connectivity index (χ1n) is 5.83. The predicted octanol–water partition coefficient (Wildman–Crippen LogP) is 1.29. The number of hydrogen-bond acceptors (Lipinski definition) is 4. The molecule has 7 heteroatoms. The Bertz CT molecular complexity index is 615. The van der Waals surface area contributed by atoms with Crippen LogP contribution >= 0.6 is 15.9 Å². The van der Waals surface area contributed by atoms with Crippen molar-refractivity contribution in [3.8, 4) is 0 Å². The van der Waals surface area contributed by atoms with Gasteiger partial charge < -0.3 is 10.6 Å². The molecule has 0 saturated carbocycles. The normalized spacial score (nSPS) is 21.3. The second kappa shape index (κ2) is 5.13. The molecule has 0 radical (unpaired) electrons. The number of hydrogen-bond donors (Lipinski definition) is 1. The van der Waals surface area contributed by atoms with E-state index in [0.717, 1.165) is 0 Å². The molecule has 2 rings (SSSR count).